The first-order chi connectivity index (χ1) is 12.2. The molecule has 134 valence electrons. The number of ether oxygens (including phenoxy) is 4. The van der Waals surface area contributed by atoms with Crippen molar-refractivity contribution in [2.45, 2.75) is 18.9 Å². The molecule has 0 spiro atoms. The quantitative estimate of drug-likeness (QED) is 0.761. The van der Waals surface area contributed by atoms with E-state index in [4.69, 9.17) is 18.9 Å². The van der Waals surface area contributed by atoms with Gasteiger partial charge in [-0.1, -0.05) is 18.2 Å². The van der Waals surface area contributed by atoms with E-state index in [1.165, 1.54) is 0 Å². The molecule has 0 radical (unpaired) electrons. The van der Waals surface area contributed by atoms with Gasteiger partial charge in [-0.15, -0.1) is 0 Å². The monoisotopic (exact) mass is 343 g/mol. The van der Waals surface area contributed by atoms with E-state index in [2.05, 4.69) is 17.5 Å². The summed E-state index contributed by atoms with van der Waals surface area (Å²) in [5.74, 6) is 2.89. The summed E-state index contributed by atoms with van der Waals surface area (Å²) in [7, 11) is 6.87. The lowest BCUT2D eigenvalue weighted by atomic mass is 9.96. The summed E-state index contributed by atoms with van der Waals surface area (Å²) in [4.78, 5) is 0. The number of allylic oxidation sites excluding steroid dienone is 2. The Kier molecular flexibility index (Phi) is 5.34. The molecule has 1 aliphatic heterocycles. The Labute approximate surface area is 148 Å². The topological polar surface area (TPSA) is 49.0 Å². The SMILES string of the molecule is CNCCCC1=c2cc(OC)c(OC)c(OC)c2=C2C=CC=CC2O1. The molecule has 0 aromatic heterocycles. The van der Waals surface area contributed by atoms with Gasteiger partial charge in [0.25, 0.3) is 0 Å². The van der Waals surface area contributed by atoms with Gasteiger partial charge in [-0.05, 0) is 32.2 Å². The summed E-state index contributed by atoms with van der Waals surface area (Å²) in [6.45, 7) is 0.934. The first-order valence-electron chi connectivity index (χ1n) is 8.47. The van der Waals surface area contributed by atoms with Crippen molar-refractivity contribution in [3.63, 3.8) is 0 Å². The molecule has 1 aliphatic carbocycles. The van der Waals surface area contributed by atoms with Crippen molar-refractivity contribution in [2.24, 2.45) is 0 Å². The second kappa shape index (κ2) is 7.66. The molecule has 25 heavy (non-hydrogen) atoms. The van der Waals surface area contributed by atoms with Gasteiger partial charge in [-0.25, -0.2) is 0 Å². The summed E-state index contributed by atoms with van der Waals surface area (Å²) in [5, 5.41) is 5.22. The average Bonchev–Trinajstić information content (AvgIpc) is 2.66. The lowest BCUT2D eigenvalue weighted by Crippen LogP contribution is -2.40. The van der Waals surface area contributed by atoms with Crippen LogP contribution in [0.4, 0.5) is 0 Å². The van der Waals surface area contributed by atoms with Crippen LogP contribution in [0, 0.1) is 0 Å². The predicted octanol–water partition coefficient (Wildman–Crippen LogP) is 1.50. The number of benzene rings is 1. The lowest BCUT2D eigenvalue weighted by molar-refractivity contribution is 0.240. The summed E-state index contributed by atoms with van der Waals surface area (Å²) in [5.41, 5.74) is 1.08. The molecule has 1 atom stereocenters. The van der Waals surface area contributed by atoms with Crippen molar-refractivity contribution in [2.75, 3.05) is 34.9 Å². The summed E-state index contributed by atoms with van der Waals surface area (Å²) in [6.07, 6.45) is 9.89. The zero-order chi connectivity index (χ0) is 17.8. The molecule has 2 aliphatic rings. The van der Waals surface area contributed by atoms with E-state index in [0.717, 1.165) is 41.2 Å². The molecule has 1 unspecified atom stereocenters. The molecule has 5 nitrogen and oxygen atoms in total. The van der Waals surface area contributed by atoms with E-state index in [-0.39, 0.29) is 6.10 Å². The summed E-state index contributed by atoms with van der Waals surface area (Å²) >= 11 is 0. The molecule has 5 heteroatoms. The van der Waals surface area contributed by atoms with E-state index in [9.17, 15) is 0 Å². The molecule has 0 saturated carbocycles. The Morgan fingerprint density at radius 2 is 1.88 bits per heavy atom. The van der Waals surface area contributed by atoms with Gasteiger partial charge in [-0.3, -0.25) is 0 Å². The van der Waals surface area contributed by atoms with Crippen LogP contribution in [-0.4, -0.2) is 41.0 Å². The third-order valence-corrected chi connectivity index (χ3v) is 4.50. The van der Waals surface area contributed by atoms with Gasteiger partial charge < -0.3 is 24.3 Å². The van der Waals surface area contributed by atoms with Crippen molar-refractivity contribution in [1.82, 2.24) is 5.32 Å². The van der Waals surface area contributed by atoms with Crippen molar-refractivity contribution in [3.05, 3.63) is 40.8 Å². The molecule has 1 aromatic rings. The fraction of sp³-hybridized carbons (Fsp3) is 0.400. The summed E-state index contributed by atoms with van der Waals surface area (Å²) in [6, 6.07) is 1.99. The number of nitrogens with one attached hydrogen (secondary N) is 1. The fourth-order valence-corrected chi connectivity index (χ4v) is 3.35. The van der Waals surface area contributed by atoms with Crippen LogP contribution in [0.3, 0.4) is 0 Å². The van der Waals surface area contributed by atoms with Crippen molar-refractivity contribution >= 4 is 11.3 Å². The number of hydrogen-bond donors (Lipinski definition) is 1. The second-order valence-electron chi connectivity index (χ2n) is 5.94. The van der Waals surface area contributed by atoms with Gasteiger partial charge >= 0.3 is 0 Å². The molecule has 1 N–H and O–H groups in total. The number of fused-ring (bicyclic) bond motifs is 2. The molecule has 1 aromatic carbocycles. The third-order valence-electron chi connectivity index (χ3n) is 4.50. The average molecular weight is 343 g/mol. The van der Waals surface area contributed by atoms with Gasteiger partial charge in [0.2, 0.25) is 5.75 Å². The lowest BCUT2D eigenvalue weighted by Gasteiger charge is -2.27. The van der Waals surface area contributed by atoms with Gasteiger partial charge in [0.05, 0.1) is 21.3 Å². The molecule has 1 heterocycles. The Morgan fingerprint density at radius 1 is 1.08 bits per heavy atom. The van der Waals surface area contributed by atoms with E-state index in [1.807, 2.05) is 25.3 Å². The molecular formula is C20H25NO4. The Hall–Kier alpha value is -2.40. The molecule has 0 amide bonds. The molecule has 3 rings (SSSR count). The predicted molar refractivity (Wildman–Crippen MR) is 98.5 cm³/mol. The fourth-order valence-electron chi connectivity index (χ4n) is 3.35. The maximum atomic E-state index is 6.30. The highest BCUT2D eigenvalue weighted by atomic mass is 16.5. The van der Waals surface area contributed by atoms with Crippen LogP contribution in [0.15, 0.2) is 30.4 Å². The van der Waals surface area contributed by atoms with Crippen molar-refractivity contribution in [1.29, 1.82) is 0 Å². The smallest absolute Gasteiger partial charge is 0.203 e. The van der Waals surface area contributed by atoms with Gasteiger partial charge in [0, 0.05) is 22.4 Å². The normalized spacial score (nSPS) is 17.7. The highest BCUT2D eigenvalue weighted by Gasteiger charge is 2.26. The van der Waals surface area contributed by atoms with Crippen LogP contribution < -0.4 is 30.0 Å². The number of rotatable bonds is 7. The highest BCUT2D eigenvalue weighted by Crippen LogP contribution is 2.35. The number of hydrogen-bond acceptors (Lipinski definition) is 5. The Bertz CT molecular complexity index is 823. The van der Waals surface area contributed by atoms with Crippen LogP contribution in [0.5, 0.6) is 17.2 Å². The minimum atomic E-state index is -0.103. The molecule has 0 saturated heterocycles. The Morgan fingerprint density at radius 3 is 2.56 bits per heavy atom. The van der Waals surface area contributed by atoms with Crippen LogP contribution in [0.1, 0.15) is 12.8 Å². The van der Waals surface area contributed by atoms with E-state index in [1.54, 1.807) is 21.3 Å². The van der Waals surface area contributed by atoms with E-state index in [0.29, 0.717) is 17.2 Å². The third kappa shape index (κ3) is 3.12. The molecule has 0 fully saturated rings. The van der Waals surface area contributed by atoms with Crippen LogP contribution >= 0.6 is 0 Å². The van der Waals surface area contributed by atoms with Crippen LogP contribution in [0.25, 0.3) is 11.3 Å². The number of methoxy groups -OCH3 is 3. The molecular weight excluding hydrogens is 318 g/mol. The largest absolute Gasteiger partial charge is 0.493 e. The maximum absolute atomic E-state index is 6.30. The van der Waals surface area contributed by atoms with Crippen molar-refractivity contribution < 1.29 is 18.9 Å². The van der Waals surface area contributed by atoms with E-state index < -0.39 is 0 Å². The first-order valence-corrected chi connectivity index (χ1v) is 8.47. The minimum Gasteiger partial charge on any atom is -0.493 e. The zero-order valence-electron chi connectivity index (χ0n) is 15.2. The zero-order valence-corrected chi connectivity index (χ0v) is 15.2. The standard InChI is InChI=1S/C20H25NO4/c1-21-11-7-10-16-14-12-17(22-2)19(23-3)20(24-4)18(14)13-8-5-6-9-15(13)25-16/h5-6,8-9,12,15,21H,7,10-11H2,1-4H3. The van der Waals surface area contributed by atoms with Gasteiger partial charge in [0.1, 0.15) is 11.9 Å². The first kappa shape index (κ1) is 17.4. The van der Waals surface area contributed by atoms with Crippen LogP contribution in [-0.2, 0) is 4.74 Å². The van der Waals surface area contributed by atoms with Gasteiger partial charge in [0.15, 0.2) is 11.5 Å². The van der Waals surface area contributed by atoms with Gasteiger partial charge in [-0.2, -0.15) is 0 Å². The summed E-state index contributed by atoms with van der Waals surface area (Å²) < 4.78 is 23.1. The minimum absolute atomic E-state index is 0.103. The Balaban J connectivity index is 2.33. The molecule has 0 bridgehead atoms. The van der Waals surface area contributed by atoms with Crippen LogP contribution in [0.2, 0.25) is 0 Å². The van der Waals surface area contributed by atoms with Crippen molar-refractivity contribution in [3.8, 4) is 17.2 Å². The maximum Gasteiger partial charge on any atom is 0.203 e. The highest BCUT2D eigenvalue weighted by molar-refractivity contribution is 5.73. The second-order valence-corrected chi connectivity index (χ2v) is 5.94. The van der Waals surface area contributed by atoms with E-state index >= 15 is 0 Å².